The van der Waals surface area contributed by atoms with E-state index in [1.165, 1.54) is 36.4 Å². The zero-order valence-electron chi connectivity index (χ0n) is 22.9. The topological polar surface area (TPSA) is 107 Å². The van der Waals surface area contributed by atoms with E-state index in [0.717, 1.165) is 12.5 Å². The molecule has 5 aromatic rings. The molecule has 8 nitrogen and oxygen atoms in total. The smallest absolute Gasteiger partial charge is 0.335 e. The largest absolute Gasteiger partial charge is 0.478 e. The number of nitrogens with zero attached hydrogens (tertiary/aromatic N) is 3. The number of carboxylic acids is 1. The highest BCUT2D eigenvalue weighted by molar-refractivity contribution is 5.92. The van der Waals surface area contributed by atoms with Gasteiger partial charge in [0.1, 0.15) is 23.3 Å². The molecule has 2 atom stereocenters. The molecule has 0 amide bonds. The number of nitriles is 1. The Hall–Kier alpha value is -5.34. The van der Waals surface area contributed by atoms with Crippen molar-refractivity contribution in [3.63, 3.8) is 0 Å². The number of hydrogen-bond donors (Lipinski definition) is 1. The van der Waals surface area contributed by atoms with Crippen LogP contribution in [0.5, 0.6) is 11.5 Å². The third-order valence-electron chi connectivity index (χ3n) is 7.86. The Bertz CT molecular complexity index is 1990. The Morgan fingerprint density at radius 2 is 1.82 bits per heavy atom. The van der Waals surface area contributed by atoms with Crippen molar-refractivity contribution in [2.45, 2.75) is 31.8 Å². The zero-order valence-corrected chi connectivity index (χ0v) is 22.9. The molecule has 220 valence electrons. The first-order valence-corrected chi connectivity index (χ1v) is 13.8. The lowest BCUT2D eigenvalue weighted by atomic mass is 10.00. The maximum Gasteiger partial charge on any atom is 0.335 e. The number of aromatic nitrogens is 2. The molecule has 0 bridgehead atoms. The third kappa shape index (κ3) is 4.79. The number of fused-ring (bicyclic) bond motifs is 2. The Balaban J connectivity index is 1.21. The number of carboxylic acid groups (broad SMARTS) is 1. The molecule has 3 heterocycles. The molecular weight excluding hydrogens is 575 g/mol. The molecule has 0 spiro atoms. The van der Waals surface area contributed by atoms with Crippen LogP contribution in [-0.2, 0) is 17.7 Å². The summed E-state index contributed by atoms with van der Waals surface area (Å²) in [6.45, 7) is 0.976. The monoisotopic (exact) mass is 597 g/mol. The number of rotatable bonds is 7. The fourth-order valence-corrected chi connectivity index (χ4v) is 5.48. The van der Waals surface area contributed by atoms with Gasteiger partial charge in [0, 0.05) is 24.2 Å². The second kappa shape index (κ2) is 10.7. The van der Waals surface area contributed by atoms with Crippen LogP contribution >= 0.6 is 0 Å². The summed E-state index contributed by atoms with van der Waals surface area (Å²) in [6, 6.07) is 17.5. The molecule has 11 heteroatoms. The fourth-order valence-electron chi connectivity index (χ4n) is 5.48. The maximum absolute atomic E-state index is 15.7. The third-order valence-corrected chi connectivity index (χ3v) is 7.86. The summed E-state index contributed by atoms with van der Waals surface area (Å²) in [5.74, 6) is -2.55. The van der Waals surface area contributed by atoms with E-state index >= 15 is 8.78 Å². The summed E-state index contributed by atoms with van der Waals surface area (Å²) in [7, 11) is 0. The number of imidazole rings is 1. The van der Waals surface area contributed by atoms with Crippen molar-refractivity contribution < 1.29 is 37.3 Å². The lowest BCUT2D eigenvalue weighted by Gasteiger charge is -2.27. The van der Waals surface area contributed by atoms with Crippen LogP contribution in [0.25, 0.3) is 22.2 Å². The molecule has 1 saturated heterocycles. The molecule has 1 aromatic heterocycles. The molecular formula is C33H22F3N3O5. The van der Waals surface area contributed by atoms with Gasteiger partial charge in [-0.1, -0.05) is 12.1 Å². The summed E-state index contributed by atoms with van der Waals surface area (Å²) in [4.78, 5) is 16.2. The molecule has 1 fully saturated rings. The first kappa shape index (κ1) is 27.5. The maximum atomic E-state index is 15.7. The molecule has 0 radical (unpaired) electrons. The van der Waals surface area contributed by atoms with E-state index in [-0.39, 0.29) is 51.8 Å². The highest BCUT2D eigenvalue weighted by atomic mass is 19.1. The Labute approximate surface area is 248 Å². The number of benzene rings is 4. The van der Waals surface area contributed by atoms with Crippen LogP contribution < -0.4 is 9.47 Å². The van der Waals surface area contributed by atoms with Gasteiger partial charge in [-0.3, -0.25) is 0 Å². The van der Waals surface area contributed by atoms with Crippen molar-refractivity contribution in [1.82, 2.24) is 9.55 Å². The number of halogens is 3. The first-order chi connectivity index (χ1) is 21.3. The molecule has 2 aliphatic heterocycles. The van der Waals surface area contributed by atoms with Gasteiger partial charge >= 0.3 is 5.97 Å². The summed E-state index contributed by atoms with van der Waals surface area (Å²) >= 11 is 0. The normalized spacial score (nSPS) is 17.0. The molecule has 1 N–H and O–H groups in total. The zero-order chi connectivity index (χ0) is 30.5. The van der Waals surface area contributed by atoms with E-state index in [0.29, 0.717) is 35.6 Å². The highest BCUT2D eigenvalue weighted by Gasteiger charge is 2.31. The van der Waals surface area contributed by atoms with E-state index in [9.17, 15) is 14.3 Å². The summed E-state index contributed by atoms with van der Waals surface area (Å²) < 4.78 is 65.0. The summed E-state index contributed by atoms with van der Waals surface area (Å²) in [6.07, 6.45) is -0.641. The average Bonchev–Trinajstić information content (AvgIpc) is 3.57. The van der Waals surface area contributed by atoms with Crippen molar-refractivity contribution in [2.75, 3.05) is 6.61 Å². The standard InChI is InChI=1S/C33H22F3N3O5/c34-24-10-17(15-37)4-6-22(24)33-43-29-3-1-2-21(31(29)44-33)19-11-25(35)23(26(36)12-19)14-30-38-27-7-5-18(32(40)41)13-28(27)39(30)16-20-8-9-42-20/h1-7,10-13,20,33H,8-9,14,16H2,(H,40,41). The summed E-state index contributed by atoms with van der Waals surface area (Å²) in [5.41, 5.74) is 1.67. The van der Waals surface area contributed by atoms with E-state index in [1.807, 2.05) is 6.07 Å². The van der Waals surface area contributed by atoms with Crippen LogP contribution in [0.3, 0.4) is 0 Å². The minimum atomic E-state index is -1.15. The fraction of sp³-hybridized carbons (Fsp3) is 0.182. The highest BCUT2D eigenvalue weighted by Crippen LogP contribution is 2.47. The molecule has 4 aromatic carbocycles. The van der Waals surface area contributed by atoms with Gasteiger partial charge in [0.15, 0.2) is 11.5 Å². The molecule has 2 aliphatic rings. The Morgan fingerprint density at radius 1 is 1.02 bits per heavy atom. The van der Waals surface area contributed by atoms with E-state index in [4.69, 9.17) is 19.5 Å². The van der Waals surface area contributed by atoms with Gasteiger partial charge in [-0.25, -0.2) is 22.9 Å². The lowest BCUT2D eigenvalue weighted by molar-refractivity contribution is -0.0589. The summed E-state index contributed by atoms with van der Waals surface area (Å²) in [5, 5.41) is 18.5. The molecule has 2 unspecified atom stereocenters. The van der Waals surface area contributed by atoms with E-state index < -0.39 is 29.7 Å². The number of ether oxygens (including phenoxy) is 3. The van der Waals surface area contributed by atoms with Crippen molar-refractivity contribution in [3.05, 3.63) is 112 Å². The van der Waals surface area contributed by atoms with Gasteiger partial charge in [0.05, 0.1) is 46.4 Å². The first-order valence-electron chi connectivity index (χ1n) is 13.8. The quantitative estimate of drug-likeness (QED) is 0.227. The number of hydrogen-bond acceptors (Lipinski definition) is 6. The minimum absolute atomic E-state index is 0.0736. The van der Waals surface area contributed by atoms with Crippen molar-refractivity contribution >= 4 is 17.0 Å². The van der Waals surface area contributed by atoms with Gasteiger partial charge in [-0.05, 0) is 66.6 Å². The predicted molar refractivity (Wildman–Crippen MR) is 151 cm³/mol. The average molecular weight is 598 g/mol. The van der Waals surface area contributed by atoms with Crippen LogP contribution in [0, 0.1) is 28.8 Å². The van der Waals surface area contributed by atoms with Gasteiger partial charge < -0.3 is 23.9 Å². The number of carbonyl (C=O) groups is 1. The minimum Gasteiger partial charge on any atom is -0.478 e. The van der Waals surface area contributed by atoms with Crippen LogP contribution in [0.4, 0.5) is 13.2 Å². The number of para-hydroxylation sites is 1. The van der Waals surface area contributed by atoms with Crippen molar-refractivity contribution in [2.24, 2.45) is 0 Å². The van der Waals surface area contributed by atoms with Crippen molar-refractivity contribution in [3.8, 4) is 28.7 Å². The Kier molecular flexibility index (Phi) is 6.71. The molecule has 0 saturated carbocycles. The number of aromatic carboxylic acids is 1. The SMILES string of the molecule is N#Cc1ccc(C2Oc3cccc(-c4cc(F)c(Cc5nc6ccc(C(=O)O)cc6n5CC5CCO5)c(F)c4)c3O2)c(F)c1. The molecule has 44 heavy (non-hydrogen) atoms. The Morgan fingerprint density at radius 3 is 2.50 bits per heavy atom. The van der Waals surface area contributed by atoms with Crippen LogP contribution in [-0.4, -0.2) is 33.3 Å². The predicted octanol–water partition coefficient (Wildman–Crippen LogP) is 6.54. The molecule has 7 rings (SSSR count). The van der Waals surface area contributed by atoms with Crippen molar-refractivity contribution in [1.29, 1.82) is 5.26 Å². The van der Waals surface area contributed by atoms with Gasteiger partial charge in [0.2, 0.25) is 0 Å². The van der Waals surface area contributed by atoms with E-state index in [1.54, 1.807) is 28.8 Å². The van der Waals surface area contributed by atoms with Gasteiger partial charge in [-0.15, -0.1) is 0 Å². The van der Waals surface area contributed by atoms with Crippen LogP contribution in [0.15, 0.2) is 66.7 Å². The van der Waals surface area contributed by atoms with Crippen LogP contribution in [0.1, 0.15) is 45.6 Å². The van der Waals surface area contributed by atoms with E-state index in [2.05, 4.69) is 4.98 Å². The lowest BCUT2D eigenvalue weighted by Crippen LogP contribution is -2.31. The van der Waals surface area contributed by atoms with Crippen LogP contribution in [0.2, 0.25) is 0 Å². The second-order valence-electron chi connectivity index (χ2n) is 10.6. The second-order valence-corrected chi connectivity index (χ2v) is 10.6. The van der Waals surface area contributed by atoms with Gasteiger partial charge in [0.25, 0.3) is 6.29 Å². The van der Waals surface area contributed by atoms with Gasteiger partial charge in [-0.2, -0.15) is 5.26 Å². The molecule has 0 aliphatic carbocycles.